The van der Waals surface area contributed by atoms with Crippen molar-refractivity contribution < 1.29 is 14.3 Å². The van der Waals surface area contributed by atoms with E-state index < -0.39 is 5.97 Å². The fourth-order valence-corrected chi connectivity index (χ4v) is 2.16. The first-order valence-corrected chi connectivity index (χ1v) is 7.09. The van der Waals surface area contributed by atoms with Crippen LogP contribution in [-0.2, 0) is 11.8 Å². The van der Waals surface area contributed by atoms with E-state index in [4.69, 9.17) is 16.3 Å². The van der Waals surface area contributed by atoms with Crippen molar-refractivity contribution in [2.45, 2.75) is 13.8 Å². The van der Waals surface area contributed by atoms with Crippen LogP contribution in [0.1, 0.15) is 33.3 Å². The third-order valence-corrected chi connectivity index (χ3v) is 3.29. The second-order valence-corrected chi connectivity index (χ2v) is 5.05. The number of esters is 1. The van der Waals surface area contributed by atoms with Crippen LogP contribution >= 0.6 is 11.6 Å². The third kappa shape index (κ3) is 3.28. The Morgan fingerprint density at radius 3 is 2.55 bits per heavy atom. The number of hydrogen-bond acceptors (Lipinski definition) is 4. The molecule has 0 spiro atoms. The molecule has 0 aliphatic carbocycles. The lowest BCUT2D eigenvalue weighted by molar-refractivity contribution is 0.0526. The lowest BCUT2D eigenvalue weighted by Crippen LogP contribution is -2.17. The van der Waals surface area contributed by atoms with E-state index in [1.54, 1.807) is 45.2 Å². The summed E-state index contributed by atoms with van der Waals surface area (Å²) in [6, 6.07) is 6.45. The number of carbonyl (C=O) groups excluding carboxylic acids is 2. The summed E-state index contributed by atoms with van der Waals surface area (Å²) in [5, 5.41) is 7.39. The molecule has 1 N–H and O–H groups in total. The van der Waals surface area contributed by atoms with Crippen LogP contribution in [0.5, 0.6) is 0 Å². The Labute approximate surface area is 133 Å². The predicted octanol–water partition coefficient (Wildman–Crippen LogP) is 2.81. The highest BCUT2D eigenvalue weighted by molar-refractivity contribution is 6.30. The number of anilines is 1. The van der Waals surface area contributed by atoms with Gasteiger partial charge in [0.05, 0.1) is 12.3 Å². The first-order valence-electron chi connectivity index (χ1n) is 6.71. The van der Waals surface area contributed by atoms with Gasteiger partial charge in [0, 0.05) is 17.6 Å². The van der Waals surface area contributed by atoms with Crippen molar-refractivity contribution in [3.8, 4) is 0 Å². The number of rotatable bonds is 4. The highest BCUT2D eigenvalue weighted by atomic mass is 35.5. The minimum atomic E-state index is -0.514. The van der Waals surface area contributed by atoms with Gasteiger partial charge in [0.15, 0.2) is 0 Å². The molecule has 0 aliphatic rings. The molecule has 22 heavy (non-hydrogen) atoms. The van der Waals surface area contributed by atoms with E-state index in [2.05, 4.69) is 10.4 Å². The molecule has 116 valence electrons. The Morgan fingerprint density at radius 1 is 1.32 bits per heavy atom. The summed E-state index contributed by atoms with van der Waals surface area (Å²) < 4.78 is 6.44. The van der Waals surface area contributed by atoms with Gasteiger partial charge in [-0.2, -0.15) is 5.10 Å². The van der Waals surface area contributed by atoms with E-state index in [1.807, 2.05) is 0 Å². The normalized spacial score (nSPS) is 10.4. The quantitative estimate of drug-likeness (QED) is 0.879. The Hall–Kier alpha value is -2.34. The van der Waals surface area contributed by atoms with Gasteiger partial charge in [0.2, 0.25) is 0 Å². The Morgan fingerprint density at radius 2 is 1.95 bits per heavy atom. The number of nitrogens with zero attached hydrogens (tertiary/aromatic N) is 2. The van der Waals surface area contributed by atoms with Crippen LogP contribution in [0, 0.1) is 6.92 Å². The molecule has 1 heterocycles. The first-order chi connectivity index (χ1) is 10.4. The van der Waals surface area contributed by atoms with Crippen LogP contribution in [-0.4, -0.2) is 28.3 Å². The molecule has 6 nitrogen and oxygen atoms in total. The maximum atomic E-state index is 12.3. The number of halogens is 1. The largest absolute Gasteiger partial charge is 0.462 e. The number of carbonyl (C=O) groups is 2. The molecule has 2 rings (SSSR count). The molecule has 1 amide bonds. The molecule has 0 atom stereocenters. The summed E-state index contributed by atoms with van der Waals surface area (Å²) in [7, 11) is 1.65. The summed E-state index contributed by atoms with van der Waals surface area (Å²) in [6.45, 7) is 3.65. The number of aryl methyl sites for hydroxylation is 2. The number of ether oxygens (including phenoxy) is 1. The van der Waals surface area contributed by atoms with Gasteiger partial charge in [-0.05, 0) is 38.1 Å². The number of hydrogen-bond donors (Lipinski definition) is 1. The number of nitrogens with one attached hydrogen (secondary N) is 1. The number of aromatic nitrogens is 2. The second kappa shape index (κ2) is 6.62. The molecule has 0 fully saturated rings. The lowest BCUT2D eigenvalue weighted by Gasteiger charge is -2.08. The molecule has 2 aromatic rings. The number of amides is 1. The van der Waals surface area contributed by atoms with Crippen molar-refractivity contribution in [3.05, 3.63) is 46.1 Å². The maximum Gasteiger partial charge on any atom is 0.343 e. The molecule has 0 bridgehead atoms. The first kappa shape index (κ1) is 16.0. The zero-order valence-electron chi connectivity index (χ0n) is 12.5. The summed E-state index contributed by atoms with van der Waals surface area (Å²) in [5.41, 5.74) is 1.18. The predicted molar refractivity (Wildman–Crippen MR) is 83.3 cm³/mol. The van der Waals surface area contributed by atoms with Gasteiger partial charge in [-0.1, -0.05) is 11.6 Å². The van der Waals surface area contributed by atoms with E-state index in [0.717, 1.165) is 0 Å². The van der Waals surface area contributed by atoms with Gasteiger partial charge in [-0.3, -0.25) is 9.48 Å². The summed E-state index contributed by atoms with van der Waals surface area (Å²) in [4.78, 5) is 24.3. The van der Waals surface area contributed by atoms with Gasteiger partial charge in [0.25, 0.3) is 5.91 Å². The van der Waals surface area contributed by atoms with E-state index in [9.17, 15) is 9.59 Å². The van der Waals surface area contributed by atoms with Crippen LogP contribution in [0.15, 0.2) is 24.3 Å². The molecule has 1 aromatic heterocycles. The van der Waals surface area contributed by atoms with Crippen molar-refractivity contribution in [3.63, 3.8) is 0 Å². The molecule has 7 heteroatoms. The van der Waals surface area contributed by atoms with E-state index in [0.29, 0.717) is 22.1 Å². The van der Waals surface area contributed by atoms with Gasteiger partial charge in [-0.25, -0.2) is 4.79 Å². The Kier molecular flexibility index (Phi) is 4.82. The summed E-state index contributed by atoms with van der Waals surface area (Å²) in [6.07, 6.45) is 0. The van der Waals surface area contributed by atoms with Gasteiger partial charge >= 0.3 is 5.97 Å². The molecule has 0 saturated heterocycles. The molecule has 0 unspecified atom stereocenters. The van der Waals surface area contributed by atoms with Crippen LogP contribution in [0.25, 0.3) is 0 Å². The molecular formula is C15H16ClN3O3. The average Bonchev–Trinajstić information content (AvgIpc) is 2.74. The van der Waals surface area contributed by atoms with Crippen molar-refractivity contribution in [1.82, 2.24) is 9.78 Å². The smallest absolute Gasteiger partial charge is 0.343 e. The third-order valence-electron chi connectivity index (χ3n) is 3.04. The second-order valence-electron chi connectivity index (χ2n) is 4.61. The maximum absolute atomic E-state index is 12.3. The highest BCUT2D eigenvalue weighted by Gasteiger charge is 2.23. The zero-order valence-corrected chi connectivity index (χ0v) is 13.3. The van der Waals surface area contributed by atoms with Crippen LogP contribution < -0.4 is 5.32 Å². The molecule has 0 aliphatic heterocycles. The van der Waals surface area contributed by atoms with Crippen LogP contribution in [0.3, 0.4) is 0 Å². The topological polar surface area (TPSA) is 73.2 Å². The van der Waals surface area contributed by atoms with Crippen molar-refractivity contribution in [1.29, 1.82) is 0 Å². The number of benzene rings is 1. The fourth-order valence-electron chi connectivity index (χ4n) is 2.03. The Balaban J connectivity index is 2.31. The van der Waals surface area contributed by atoms with E-state index in [-0.39, 0.29) is 18.1 Å². The van der Waals surface area contributed by atoms with Crippen molar-refractivity contribution in [2.24, 2.45) is 7.05 Å². The Bertz CT molecular complexity index is 708. The van der Waals surface area contributed by atoms with Gasteiger partial charge in [0.1, 0.15) is 11.4 Å². The standard InChI is InChI=1S/C15H16ClN3O3/c1-4-22-15(21)12-9(2)18-19(3)13(12)17-14(20)10-5-7-11(16)8-6-10/h5-8H,4H2,1-3H3,(H,17,20). The van der Waals surface area contributed by atoms with Gasteiger partial charge in [-0.15, -0.1) is 0 Å². The van der Waals surface area contributed by atoms with Gasteiger partial charge < -0.3 is 10.1 Å². The van der Waals surface area contributed by atoms with Crippen molar-refractivity contribution >= 4 is 29.3 Å². The van der Waals surface area contributed by atoms with E-state index >= 15 is 0 Å². The summed E-state index contributed by atoms with van der Waals surface area (Å²) in [5.74, 6) is -0.569. The molecule has 0 saturated carbocycles. The van der Waals surface area contributed by atoms with E-state index in [1.165, 1.54) is 4.68 Å². The average molecular weight is 322 g/mol. The molecular weight excluding hydrogens is 306 g/mol. The minimum absolute atomic E-state index is 0.248. The molecule has 0 radical (unpaired) electrons. The minimum Gasteiger partial charge on any atom is -0.462 e. The zero-order chi connectivity index (χ0) is 16.3. The SMILES string of the molecule is CCOC(=O)c1c(C)nn(C)c1NC(=O)c1ccc(Cl)cc1. The van der Waals surface area contributed by atoms with Crippen molar-refractivity contribution in [2.75, 3.05) is 11.9 Å². The lowest BCUT2D eigenvalue weighted by atomic mass is 10.2. The summed E-state index contributed by atoms with van der Waals surface area (Å²) >= 11 is 5.80. The monoisotopic (exact) mass is 321 g/mol. The molecule has 1 aromatic carbocycles. The van der Waals surface area contributed by atoms with Crippen LogP contribution in [0.4, 0.5) is 5.82 Å². The highest BCUT2D eigenvalue weighted by Crippen LogP contribution is 2.21. The fraction of sp³-hybridized carbons (Fsp3) is 0.267. The van der Waals surface area contributed by atoms with Crippen LogP contribution in [0.2, 0.25) is 5.02 Å².